The molecule has 128 valence electrons. The molecule has 0 bridgehead atoms. The van der Waals surface area contributed by atoms with Gasteiger partial charge in [0.1, 0.15) is 0 Å². The molecule has 2 aromatic carbocycles. The molecule has 6 heteroatoms. The Balaban J connectivity index is 1.93. The number of hydrogen-bond acceptors (Lipinski definition) is 4. The quantitative estimate of drug-likeness (QED) is 0.360. The maximum absolute atomic E-state index is 11.6. The van der Waals surface area contributed by atoms with Gasteiger partial charge >= 0.3 is 5.69 Å². The van der Waals surface area contributed by atoms with Crippen LogP contribution in [0.5, 0.6) is 5.75 Å². The molecule has 0 radical (unpaired) electrons. The zero-order valence-corrected chi connectivity index (χ0v) is 16.3. The topological polar surface area (TPSA) is 55.6 Å². The van der Waals surface area contributed by atoms with Crippen LogP contribution in [0.3, 0.4) is 0 Å². The van der Waals surface area contributed by atoms with Gasteiger partial charge in [-0.3, -0.25) is 10.1 Å². The van der Waals surface area contributed by atoms with E-state index >= 15 is 0 Å². The molecule has 2 aromatic rings. The summed E-state index contributed by atoms with van der Waals surface area (Å²) in [4.78, 5) is 13.3. The first-order valence-electron chi connectivity index (χ1n) is 7.97. The lowest BCUT2D eigenvalue weighted by atomic mass is 9.76. The van der Waals surface area contributed by atoms with Gasteiger partial charge < -0.3 is 9.64 Å². The smallest absolute Gasteiger partial charge is 0.312 e. The van der Waals surface area contributed by atoms with Crippen LogP contribution < -0.4 is 9.64 Å². The van der Waals surface area contributed by atoms with E-state index < -0.39 is 5.72 Å². The van der Waals surface area contributed by atoms with Crippen molar-refractivity contribution in [1.82, 2.24) is 0 Å². The third-order valence-electron chi connectivity index (χ3n) is 5.34. The standard InChI is InChI=1S/C19H17IN2O3/c1-18(2)14-6-4-5-7-15(14)21(3)19(18)9-8-12-10-13(20)11-16(22(23)24)17(12)25-19/h4-11H,1-3H3. The monoisotopic (exact) mass is 448 g/mol. The van der Waals surface area contributed by atoms with Gasteiger partial charge in [-0.1, -0.05) is 18.2 Å². The van der Waals surface area contributed by atoms with Crippen LogP contribution in [-0.2, 0) is 5.41 Å². The van der Waals surface area contributed by atoms with Crippen molar-refractivity contribution < 1.29 is 9.66 Å². The van der Waals surface area contributed by atoms with Gasteiger partial charge in [-0.2, -0.15) is 0 Å². The number of nitro groups is 1. The molecule has 1 spiro atoms. The minimum atomic E-state index is -0.804. The second-order valence-electron chi connectivity index (χ2n) is 6.93. The van der Waals surface area contributed by atoms with Crippen LogP contribution in [-0.4, -0.2) is 17.7 Å². The van der Waals surface area contributed by atoms with Gasteiger partial charge in [-0.25, -0.2) is 0 Å². The normalized spacial score (nSPS) is 22.5. The Morgan fingerprint density at radius 1 is 1.24 bits per heavy atom. The summed E-state index contributed by atoms with van der Waals surface area (Å²) in [6.45, 7) is 4.23. The number of anilines is 1. The maximum atomic E-state index is 11.6. The van der Waals surface area contributed by atoms with Crippen LogP contribution in [0.1, 0.15) is 25.0 Å². The molecular formula is C19H17IN2O3. The molecule has 0 saturated carbocycles. The number of benzene rings is 2. The average molecular weight is 448 g/mol. The zero-order chi connectivity index (χ0) is 18.0. The van der Waals surface area contributed by atoms with Crippen molar-refractivity contribution in [2.45, 2.75) is 25.0 Å². The van der Waals surface area contributed by atoms with E-state index in [4.69, 9.17) is 4.74 Å². The summed E-state index contributed by atoms with van der Waals surface area (Å²) in [5.41, 5.74) is 1.81. The van der Waals surface area contributed by atoms with Gasteiger partial charge in [0.05, 0.1) is 10.3 Å². The third kappa shape index (κ3) is 2.06. The molecular weight excluding hydrogens is 431 g/mol. The summed E-state index contributed by atoms with van der Waals surface area (Å²) in [6.07, 6.45) is 3.97. The average Bonchev–Trinajstić information content (AvgIpc) is 2.74. The number of likely N-dealkylation sites (N-methyl/N-ethyl adjacent to an activating group) is 1. The highest BCUT2D eigenvalue weighted by molar-refractivity contribution is 14.1. The molecule has 0 fully saturated rings. The minimum absolute atomic E-state index is 0.00535. The molecule has 25 heavy (non-hydrogen) atoms. The molecule has 0 N–H and O–H groups in total. The molecule has 0 amide bonds. The Morgan fingerprint density at radius 3 is 2.64 bits per heavy atom. The Morgan fingerprint density at radius 2 is 1.96 bits per heavy atom. The number of fused-ring (bicyclic) bond motifs is 2. The Bertz CT molecular complexity index is 938. The second-order valence-corrected chi connectivity index (χ2v) is 8.18. The number of nitrogens with zero attached hydrogens (tertiary/aromatic N) is 2. The van der Waals surface area contributed by atoms with Crippen molar-refractivity contribution in [3.8, 4) is 5.75 Å². The Hall–Kier alpha value is -2.09. The van der Waals surface area contributed by atoms with E-state index in [-0.39, 0.29) is 16.0 Å². The predicted molar refractivity (Wildman–Crippen MR) is 106 cm³/mol. The molecule has 5 nitrogen and oxygen atoms in total. The lowest BCUT2D eigenvalue weighted by Crippen LogP contribution is -2.58. The van der Waals surface area contributed by atoms with Crippen molar-refractivity contribution in [1.29, 1.82) is 0 Å². The van der Waals surface area contributed by atoms with Gasteiger partial charge in [0.25, 0.3) is 0 Å². The fourth-order valence-electron chi connectivity index (χ4n) is 3.96. The number of ether oxygens (including phenoxy) is 1. The molecule has 0 saturated heterocycles. The first-order chi connectivity index (χ1) is 11.8. The summed E-state index contributed by atoms with van der Waals surface area (Å²) in [5.74, 6) is 0.334. The number of rotatable bonds is 1. The molecule has 0 aromatic heterocycles. The molecule has 1 unspecified atom stereocenters. The number of para-hydroxylation sites is 1. The summed E-state index contributed by atoms with van der Waals surface area (Å²) < 4.78 is 7.25. The van der Waals surface area contributed by atoms with Gasteiger partial charge in [0, 0.05) is 27.9 Å². The van der Waals surface area contributed by atoms with E-state index in [1.54, 1.807) is 6.07 Å². The molecule has 2 heterocycles. The first-order valence-corrected chi connectivity index (χ1v) is 9.05. The molecule has 2 aliphatic rings. The van der Waals surface area contributed by atoms with Gasteiger partial charge in [0.2, 0.25) is 11.5 Å². The lowest BCUT2D eigenvalue weighted by Gasteiger charge is -2.45. The van der Waals surface area contributed by atoms with Crippen LogP contribution in [0.2, 0.25) is 0 Å². The van der Waals surface area contributed by atoms with E-state index in [0.29, 0.717) is 5.75 Å². The Labute approximate surface area is 159 Å². The van der Waals surface area contributed by atoms with Crippen molar-refractivity contribution in [3.63, 3.8) is 0 Å². The second kappa shape index (κ2) is 5.20. The molecule has 0 aliphatic carbocycles. The summed E-state index contributed by atoms with van der Waals surface area (Å²) >= 11 is 2.09. The number of nitro benzene ring substituents is 1. The highest BCUT2D eigenvalue weighted by Crippen LogP contribution is 2.55. The Kier molecular flexibility index (Phi) is 3.41. The predicted octanol–water partition coefficient (Wildman–Crippen LogP) is 4.73. The van der Waals surface area contributed by atoms with Crippen LogP contribution in [0, 0.1) is 13.7 Å². The highest BCUT2D eigenvalue weighted by Gasteiger charge is 2.58. The summed E-state index contributed by atoms with van der Waals surface area (Å²) in [5, 5.41) is 11.6. The van der Waals surface area contributed by atoms with Crippen LogP contribution in [0.25, 0.3) is 6.08 Å². The summed E-state index contributed by atoms with van der Waals surface area (Å²) in [6, 6.07) is 11.6. The molecule has 1 atom stereocenters. The largest absolute Gasteiger partial charge is 0.456 e. The fourth-order valence-corrected chi connectivity index (χ4v) is 4.60. The van der Waals surface area contributed by atoms with Crippen LogP contribution in [0.15, 0.2) is 42.5 Å². The SMILES string of the molecule is CN1c2ccccc2C(C)(C)C12C=Cc1cc(I)cc([N+](=O)[O-])c1O2. The van der Waals surface area contributed by atoms with Crippen LogP contribution in [0.4, 0.5) is 11.4 Å². The van der Waals surface area contributed by atoms with Gasteiger partial charge in [0.15, 0.2) is 0 Å². The van der Waals surface area contributed by atoms with Crippen molar-refractivity contribution in [2.75, 3.05) is 11.9 Å². The minimum Gasteiger partial charge on any atom is -0.456 e. The van der Waals surface area contributed by atoms with E-state index in [0.717, 1.165) is 14.8 Å². The van der Waals surface area contributed by atoms with E-state index in [1.165, 1.54) is 5.56 Å². The number of halogens is 1. The van der Waals surface area contributed by atoms with Crippen molar-refractivity contribution in [2.24, 2.45) is 0 Å². The summed E-state index contributed by atoms with van der Waals surface area (Å²) in [7, 11) is 1.97. The van der Waals surface area contributed by atoms with Gasteiger partial charge in [-0.05, 0) is 66.3 Å². The first kappa shape index (κ1) is 16.4. The van der Waals surface area contributed by atoms with E-state index in [9.17, 15) is 10.1 Å². The van der Waals surface area contributed by atoms with Crippen LogP contribution >= 0.6 is 22.6 Å². The maximum Gasteiger partial charge on any atom is 0.312 e. The van der Waals surface area contributed by atoms with E-state index in [1.807, 2.05) is 37.4 Å². The zero-order valence-electron chi connectivity index (χ0n) is 14.1. The van der Waals surface area contributed by atoms with Crippen molar-refractivity contribution in [3.05, 3.63) is 67.3 Å². The molecule has 4 rings (SSSR count). The fraction of sp³-hybridized carbons (Fsp3) is 0.263. The van der Waals surface area contributed by atoms with E-state index in [2.05, 4.69) is 53.5 Å². The van der Waals surface area contributed by atoms with Crippen molar-refractivity contribution >= 4 is 40.0 Å². The highest BCUT2D eigenvalue weighted by atomic mass is 127. The lowest BCUT2D eigenvalue weighted by molar-refractivity contribution is -0.386. The molecule has 2 aliphatic heterocycles. The number of hydrogen-bond donors (Lipinski definition) is 0. The van der Waals surface area contributed by atoms with Gasteiger partial charge in [-0.15, -0.1) is 0 Å². The third-order valence-corrected chi connectivity index (χ3v) is 5.96.